The molecule has 0 spiro atoms. The van der Waals surface area contributed by atoms with Crippen LogP contribution in [-0.4, -0.2) is 61.5 Å². The van der Waals surface area contributed by atoms with Crippen molar-refractivity contribution in [2.45, 2.75) is 31.3 Å². The minimum absolute atomic E-state index is 0.286. The first-order valence-corrected chi connectivity index (χ1v) is 5.86. The van der Waals surface area contributed by atoms with Crippen LogP contribution in [0.25, 0.3) is 0 Å². The van der Waals surface area contributed by atoms with E-state index in [2.05, 4.69) is 10.2 Å². The molecule has 4 heteroatoms. The Balaban J connectivity index is 1.91. The van der Waals surface area contributed by atoms with E-state index in [4.69, 9.17) is 0 Å². The minimum Gasteiger partial charge on any atom is -0.340 e. The van der Waals surface area contributed by atoms with Gasteiger partial charge in [0.1, 0.15) is 0 Å². The lowest BCUT2D eigenvalue weighted by molar-refractivity contribution is -0.138. The maximum Gasteiger partial charge on any atom is 0.236 e. The molecule has 1 unspecified atom stereocenters. The summed E-state index contributed by atoms with van der Waals surface area (Å²) in [5, 5.41) is 3.15. The first-order chi connectivity index (χ1) is 7.22. The highest BCUT2D eigenvalue weighted by atomic mass is 16.2. The topological polar surface area (TPSA) is 35.6 Å². The third-order valence-corrected chi connectivity index (χ3v) is 3.52. The Labute approximate surface area is 91.6 Å². The minimum atomic E-state index is 0.286. The quantitative estimate of drug-likeness (QED) is 0.705. The Bertz CT molecular complexity index is 240. The van der Waals surface area contributed by atoms with Gasteiger partial charge in [0.05, 0.1) is 6.54 Å². The average molecular weight is 211 g/mol. The van der Waals surface area contributed by atoms with Crippen LogP contribution in [0.15, 0.2) is 0 Å². The molecule has 2 rings (SSSR count). The molecule has 2 aliphatic rings. The Morgan fingerprint density at radius 2 is 2.20 bits per heavy atom. The molecule has 1 atom stereocenters. The Morgan fingerprint density at radius 1 is 1.47 bits per heavy atom. The SMILES string of the molecule is CNCCC1CN(C2CC2)CC(=O)N1C. The molecule has 1 saturated carbocycles. The average Bonchev–Trinajstić information content (AvgIpc) is 3.03. The van der Waals surface area contributed by atoms with E-state index in [9.17, 15) is 4.79 Å². The van der Waals surface area contributed by atoms with Crippen LogP contribution < -0.4 is 5.32 Å². The summed E-state index contributed by atoms with van der Waals surface area (Å²) >= 11 is 0. The largest absolute Gasteiger partial charge is 0.340 e. The number of nitrogens with one attached hydrogen (secondary N) is 1. The number of rotatable bonds is 4. The van der Waals surface area contributed by atoms with E-state index >= 15 is 0 Å². The number of likely N-dealkylation sites (N-methyl/N-ethyl adjacent to an activating group) is 1. The van der Waals surface area contributed by atoms with Gasteiger partial charge in [0.15, 0.2) is 0 Å². The van der Waals surface area contributed by atoms with Gasteiger partial charge < -0.3 is 10.2 Å². The van der Waals surface area contributed by atoms with E-state index in [0.29, 0.717) is 18.6 Å². The molecule has 1 saturated heterocycles. The highest BCUT2D eigenvalue weighted by molar-refractivity contribution is 5.79. The summed E-state index contributed by atoms with van der Waals surface area (Å²) in [6.45, 7) is 2.69. The molecule has 0 radical (unpaired) electrons. The molecule has 4 nitrogen and oxygen atoms in total. The van der Waals surface area contributed by atoms with E-state index in [-0.39, 0.29) is 5.91 Å². The van der Waals surface area contributed by atoms with Crippen molar-refractivity contribution in [1.82, 2.24) is 15.1 Å². The lowest BCUT2D eigenvalue weighted by Crippen LogP contribution is -2.55. The number of hydrogen-bond donors (Lipinski definition) is 1. The summed E-state index contributed by atoms with van der Waals surface area (Å²) < 4.78 is 0. The van der Waals surface area contributed by atoms with Gasteiger partial charge in [-0.25, -0.2) is 0 Å². The summed E-state index contributed by atoms with van der Waals surface area (Å²) in [7, 11) is 3.90. The van der Waals surface area contributed by atoms with Gasteiger partial charge in [-0.3, -0.25) is 9.69 Å². The molecule has 15 heavy (non-hydrogen) atoms. The van der Waals surface area contributed by atoms with E-state index < -0.39 is 0 Å². The van der Waals surface area contributed by atoms with Gasteiger partial charge in [-0.15, -0.1) is 0 Å². The van der Waals surface area contributed by atoms with Crippen molar-refractivity contribution in [3.8, 4) is 0 Å². The summed E-state index contributed by atoms with van der Waals surface area (Å²) in [6.07, 6.45) is 3.63. The van der Waals surface area contributed by atoms with Crippen LogP contribution >= 0.6 is 0 Å². The maximum atomic E-state index is 11.8. The fraction of sp³-hybridized carbons (Fsp3) is 0.909. The van der Waals surface area contributed by atoms with Gasteiger partial charge in [0, 0.05) is 25.7 Å². The number of carbonyl (C=O) groups excluding carboxylic acids is 1. The van der Waals surface area contributed by atoms with E-state index in [1.165, 1.54) is 12.8 Å². The van der Waals surface area contributed by atoms with Crippen molar-refractivity contribution in [3.05, 3.63) is 0 Å². The van der Waals surface area contributed by atoms with Crippen LogP contribution in [0.3, 0.4) is 0 Å². The molecule has 0 bridgehead atoms. The smallest absolute Gasteiger partial charge is 0.236 e. The second kappa shape index (κ2) is 4.49. The number of piperazine rings is 1. The van der Waals surface area contributed by atoms with Crippen molar-refractivity contribution in [3.63, 3.8) is 0 Å². The lowest BCUT2D eigenvalue weighted by atomic mass is 10.1. The van der Waals surface area contributed by atoms with Crippen molar-refractivity contribution in [2.24, 2.45) is 0 Å². The molecule has 1 amide bonds. The third kappa shape index (κ3) is 2.49. The fourth-order valence-corrected chi connectivity index (χ4v) is 2.26. The Kier molecular flexibility index (Phi) is 3.26. The monoisotopic (exact) mass is 211 g/mol. The first kappa shape index (κ1) is 10.9. The van der Waals surface area contributed by atoms with Crippen LogP contribution in [0.5, 0.6) is 0 Å². The Morgan fingerprint density at radius 3 is 2.80 bits per heavy atom. The van der Waals surface area contributed by atoms with Crippen LogP contribution in [0.1, 0.15) is 19.3 Å². The molecule has 1 heterocycles. The van der Waals surface area contributed by atoms with Crippen molar-refractivity contribution in [1.29, 1.82) is 0 Å². The highest BCUT2D eigenvalue weighted by Gasteiger charge is 2.37. The number of nitrogens with zero attached hydrogens (tertiary/aromatic N) is 2. The van der Waals surface area contributed by atoms with Gasteiger partial charge in [0.2, 0.25) is 5.91 Å². The zero-order valence-corrected chi connectivity index (χ0v) is 9.70. The van der Waals surface area contributed by atoms with Gasteiger partial charge >= 0.3 is 0 Å². The molecule has 86 valence electrons. The summed E-state index contributed by atoms with van der Waals surface area (Å²) in [5.41, 5.74) is 0. The van der Waals surface area contributed by atoms with Crippen molar-refractivity contribution < 1.29 is 4.79 Å². The van der Waals surface area contributed by atoms with E-state index in [1.807, 2.05) is 19.0 Å². The maximum absolute atomic E-state index is 11.8. The molecule has 1 aliphatic heterocycles. The second-order valence-electron chi connectivity index (χ2n) is 4.71. The molecule has 1 N–H and O–H groups in total. The van der Waals surface area contributed by atoms with Gasteiger partial charge in [0.25, 0.3) is 0 Å². The molecule has 0 aromatic carbocycles. The van der Waals surface area contributed by atoms with Gasteiger partial charge in [-0.2, -0.15) is 0 Å². The van der Waals surface area contributed by atoms with Crippen LogP contribution in [0, 0.1) is 0 Å². The highest BCUT2D eigenvalue weighted by Crippen LogP contribution is 2.29. The Hall–Kier alpha value is -0.610. The fourth-order valence-electron chi connectivity index (χ4n) is 2.26. The molecule has 0 aromatic heterocycles. The summed E-state index contributed by atoms with van der Waals surface area (Å²) in [5.74, 6) is 0.286. The third-order valence-electron chi connectivity index (χ3n) is 3.52. The van der Waals surface area contributed by atoms with Gasteiger partial charge in [-0.1, -0.05) is 0 Å². The standard InChI is InChI=1S/C11H21N3O/c1-12-6-5-10-7-14(9-3-4-9)8-11(15)13(10)2/h9-10,12H,3-8H2,1-2H3. The van der Waals surface area contributed by atoms with Crippen molar-refractivity contribution in [2.75, 3.05) is 33.7 Å². The van der Waals surface area contributed by atoms with Crippen molar-refractivity contribution >= 4 is 5.91 Å². The number of hydrogen-bond acceptors (Lipinski definition) is 3. The van der Waals surface area contributed by atoms with Crippen LogP contribution in [0.4, 0.5) is 0 Å². The molecular formula is C11H21N3O. The van der Waals surface area contributed by atoms with Crippen LogP contribution in [-0.2, 0) is 4.79 Å². The first-order valence-electron chi connectivity index (χ1n) is 5.86. The van der Waals surface area contributed by atoms with Gasteiger partial charge in [-0.05, 0) is 32.9 Å². The molecule has 1 aliphatic carbocycles. The molecule has 0 aromatic rings. The second-order valence-corrected chi connectivity index (χ2v) is 4.71. The van der Waals surface area contributed by atoms with Crippen LogP contribution in [0.2, 0.25) is 0 Å². The molecular weight excluding hydrogens is 190 g/mol. The zero-order valence-electron chi connectivity index (χ0n) is 9.70. The van der Waals surface area contributed by atoms with E-state index in [0.717, 1.165) is 19.5 Å². The predicted octanol–water partition coefficient (Wildman–Crippen LogP) is -0.0991. The van der Waals surface area contributed by atoms with E-state index in [1.54, 1.807) is 0 Å². The summed E-state index contributed by atoms with van der Waals surface area (Å²) in [6, 6.07) is 1.11. The lowest BCUT2D eigenvalue weighted by Gasteiger charge is -2.39. The summed E-state index contributed by atoms with van der Waals surface area (Å²) in [4.78, 5) is 16.1. The molecule has 2 fully saturated rings. The number of amides is 1. The predicted molar refractivity (Wildman–Crippen MR) is 59.7 cm³/mol. The zero-order chi connectivity index (χ0) is 10.8. The number of carbonyl (C=O) groups is 1. The normalized spacial score (nSPS) is 28.5.